The maximum absolute atomic E-state index is 14.1. The number of aromatic nitrogens is 2. The molecule has 0 aliphatic rings. The van der Waals surface area contributed by atoms with Crippen LogP contribution in [-0.4, -0.2) is 30.2 Å². The molecule has 1 aromatic heterocycles. The Balaban J connectivity index is 1.91. The summed E-state index contributed by atoms with van der Waals surface area (Å²) in [7, 11) is 2.81. The van der Waals surface area contributed by atoms with Crippen LogP contribution in [0.25, 0.3) is 10.9 Å². The second-order valence-corrected chi connectivity index (χ2v) is 5.17. The van der Waals surface area contributed by atoms with Gasteiger partial charge in [-0.2, -0.15) is 0 Å². The molecule has 0 bridgehead atoms. The highest BCUT2D eigenvalue weighted by atomic mass is 19.1. The topological polar surface area (TPSA) is 70.5 Å². The van der Waals surface area contributed by atoms with Crippen molar-refractivity contribution in [2.75, 3.05) is 14.2 Å². The number of nitrogens with zero attached hydrogens (tertiary/aromatic N) is 2. The maximum Gasteiger partial charge on any atom is 0.310 e. The van der Waals surface area contributed by atoms with Crippen LogP contribution in [-0.2, 0) is 16.0 Å². The summed E-state index contributed by atoms with van der Waals surface area (Å²) in [5.74, 6) is 0.102. The number of carbonyl (C=O) groups excluding carboxylic acids is 1. The lowest BCUT2D eigenvalue weighted by molar-refractivity contribution is -0.139. The van der Waals surface area contributed by atoms with Gasteiger partial charge in [-0.05, 0) is 29.8 Å². The van der Waals surface area contributed by atoms with E-state index in [1.807, 2.05) is 0 Å². The van der Waals surface area contributed by atoms with Crippen molar-refractivity contribution in [3.63, 3.8) is 0 Å². The Hall–Kier alpha value is -3.22. The standard InChI is InChI=1S/C18H15FN2O4/c1-23-12-5-6-16-14(8-12)18(21-10-20-16)25-13-4-3-11(15(19)9-13)7-17(22)24-2/h3-6,8-10H,7H2,1-2H3. The molecule has 0 amide bonds. The van der Waals surface area contributed by atoms with E-state index in [0.717, 1.165) is 0 Å². The number of hydrogen-bond acceptors (Lipinski definition) is 6. The predicted octanol–water partition coefficient (Wildman–Crippen LogP) is 3.29. The van der Waals surface area contributed by atoms with E-state index in [9.17, 15) is 9.18 Å². The fraction of sp³-hybridized carbons (Fsp3) is 0.167. The number of ether oxygens (including phenoxy) is 3. The molecule has 3 aromatic rings. The van der Waals surface area contributed by atoms with E-state index in [0.29, 0.717) is 16.7 Å². The fourth-order valence-electron chi connectivity index (χ4n) is 2.29. The van der Waals surface area contributed by atoms with Crippen molar-refractivity contribution in [3.8, 4) is 17.4 Å². The van der Waals surface area contributed by atoms with E-state index >= 15 is 0 Å². The molecule has 3 rings (SSSR count). The number of carbonyl (C=O) groups is 1. The summed E-state index contributed by atoms with van der Waals surface area (Å²) in [6.45, 7) is 0. The third-order valence-corrected chi connectivity index (χ3v) is 3.61. The van der Waals surface area contributed by atoms with Gasteiger partial charge in [-0.1, -0.05) is 6.07 Å². The summed E-state index contributed by atoms with van der Waals surface area (Å²) < 4.78 is 29.6. The van der Waals surface area contributed by atoms with E-state index in [4.69, 9.17) is 9.47 Å². The Labute approximate surface area is 143 Å². The van der Waals surface area contributed by atoms with E-state index in [1.54, 1.807) is 31.4 Å². The highest BCUT2D eigenvalue weighted by molar-refractivity contribution is 5.84. The quantitative estimate of drug-likeness (QED) is 0.663. The Morgan fingerprint density at radius 2 is 1.88 bits per heavy atom. The van der Waals surface area contributed by atoms with E-state index in [1.165, 1.54) is 25.6 Å². The van der Waals surface area contributed by atoms with Crippen molar-refractivity contribution in [2.24, 2.45) is 0 Å². The van der Waals surface area contributed by atoms with Crippen molar-refractivity contribution >= 4 is 16.9 Å². The molecule has 0 aliphatic carbocycles. The van der Waals surface area contributed by atoms with Gasteiger partial charge in [0.15, 0.2) is 0 Å². The molecule has 0 atom stereocenters. The van der Waals surface area contributed by atoms with Crippen molar-refractivity contribution in [1.29, 1.82) is 0 Å². The van der Waals surface area contributed by atoms with Crippen LogP contribution in [0.15, 0.2) is 42.7 Å². The van der Waals surface area contributed by atoms with Crippen molar-refractivity contribution in [3.05, 3.63) is 54.1 Å². The SMILES string of the molecule is COC(=O)Cc1ccc(Oc2ncnc3ccc(OC)cc23)cc1F. The largest absolute Gasteiger partial charge is 0.497 e. The van der Waals surface area contributed by atoms with Gasteiger partial charge in [-0.25, -0.2) is 14.4 Å². The van der Waals surface area contributed by atoms with Gasteiger partial charge in [0.25, 0.3) is 0 Å². The van der Waals surface area contributed by atoms with Gasteiger partial charge in [0, 0.05) is 6.07 Å². The third-order valence-electron chi connectivity index (χ3n) is 3.61. The van der Waals surface area contributed by atoms with Crippen molar-refractivity contribution in [2.45, 2.75) is 6.42 Å². The first-order chi connectivity index (χ1) is 12.1. The molecule has 1 heterocycles. The highest BCUT2D eigenvalue weighted by Gasteiger charge is 2.12. The van der Waals surface area contributed by atoms with Crippen LogP contribution in [0.3, 0.4) is 0 Å². The first-order valence-electron chi connectivity index (χ1n) is 7.42. The number of methoxy groups -OCH3 is 2. The first-order valence-corrected chi connectivity index (χ1v) is 7.42. The maximum atomic E-state index is 14.1. The summed E-state index contributed by atoms with van der Waals surface area (Å²) >= 11 is 0. The summed E-state index contributed by atoms with van der Waals surface area (Å²) in [6, 6.07) is 9.54. The number of halogens is 1. The smallest absolute Gasteiger partial charge is 0.310 e. The van der Waals surface area contributed by atoms with Gasteiger partial charge < -0.3 is 14.2 Å². The second-order valence-electron chi connectivity index (χ2n) is 5.17. The average molecular weight is 342 g/mol. The molecule has 25 heavy (non-hydrogen) atoms. The van der Waals surface area contributed by atoms with Crippen LogP contribution >= 0.6 is 0 Å². The van der Waals surface area contributed by atoms with Gasteiger partial charge in [0.2, 0.25) is 5.88 Å². The zero-order valence-corrected chi connectivity index (χ0v) is 13.7. The Morgan fingerprint density at radius 1 is 1.08 bits per heavy atom. The molecule has 2 aromatic carbocycles. The fourth-order valence-corrected chi connectivity index (χ4v) is 2.29. The van der Waals surface area contributed by atoms with E-state index in [-0.39, 0.29) is 23.6 Å². The highest BCUT2D eigenvalue weighted by Crippen LogP contribution is 2.30. The van der Waals surface area contributed by atoms with Gasteiger partial charge in [-0.15, -0.1) is 0 Å². The molecule has 0 aliphatic heterocycles. The lowest BCUT2D eigenvalue weighted by Gasteiger charge is -2.09. The normalized spacial score (nSPS) is 10.5. The molecule has 0 unspecified atom stereocenters. The Kier molecular flexibility index (Phi) is 4.74. The first kappa shape index (κ1) is 16.6. The third kappa shape index (κ3) is 3.65. The van der Waals surface area contributed by atoms with Crippen LogP contribution in [0, 0.1) is 5.82 Å². The van der Waals surface area contributed by atoms with E-state index < -0.39 is 11.8 Å². The van der Waals surface area contributed by atoms with Gasteiger partial charge in [0.05, 0.1) is 31.5 Å². The molecule has 7 heteroatoms. The molecule has 0 saturated carbocycles. The van der Waals surface area contributed by atoms with E-state index in [2.05, 4.69) is 14.7 Å². The van der Waals surface area contributed by atoms with Gasteiger partial charge in [0.1, 0.15) is 23.6 Å². The summed E-state index contributed by atoms with van der Waals surface area (Å²) in [5, 5.41) is 0.640. The van der Waals surface area contributed by atoms with Crippen LogP contribution in [0.1, 0.15) is 5.56 Å². The number of esters is 1. The minimum absolute atomic E-state index is 0.143. The number of rotatable bonds is 5. The number of fused-ring (bicyclic) bond motifs is 1. The van der Waals surface area contributed by atoms with Crippen molar-refractivity contribution < 1.29 is 23.4 Å². The molecule has 128 valence electrons. The monoisotopic (exact) mass is 342 g/mol. The van der Waals surface area contributed by atoms with Gasteiger partial charge >= 0.3 is 5.97 Å². The molecule has 0 saturated heterocycles. The molecular formula is C18H15FN2O4. The zero-order valence-electron chi connectivity index (χ0n) is 13.7. The van der Waals surface area contributed by atoms with Crippen LogP contribution in [0.5, 0.6) is 17.4 Å². The predicted molar refractivity (Wildman–Crippen MR) is 88.3 cm³/mol. The second kappa shape index (κ2) is 7.12. The molecular weight excluding hydrogens is 327 g/mol. The molecule has 6 nitrogen and oxygen atoms in total. The lowest BCUT2D eigenvalue weighted by atomic mass is 10.1. The zero-order chi connectivity index (χ0) is 17.8. The summed E-state index contributed by atoms with van der Waals surface area (Å²) in [4.78, 5) is 19.5. The number of benzene rings is 2. The summed E-state index contributed by atoms with van der Waals surface area (Å²) in [5.41, 5.74) is 0.905. The minimum Gasteiger partial charge on any atom is -0.497 e. The van der Waals surface area contributed by atoms with Crippen LogP contribution in [0.2, 0.25) is 0 Å². The molecule has 0 fully saturated rings. The lowest BCUT2D eigenvalue weighted by Crippen LogP contribution is -2.06. The molecule has 0 spiro atoms. The van der Waals surface area contributed by atoms with Gasteiger partial charge in [-0.3, -0.25) is 4.79 Å². The Morgan fingerprint density at radius 3 is 2.60 bits per heavy atom. The molecule has 0 N–H and O–H groups in total. The molecule has 0 radical (unpaired) electrons. The van der Waals surface area contributed by atoms with Crippen LogP contribution in [0.4, 0.5) is 4.39 Å². The minimum atomic E-state index is -0.557. The number of hydrogen-bond donors (Lipinski definition) is 0. The Bertz CT molecular complexity index is 930. The summed E-state index contributed by atoms with van der Waals surface area (Å²) in [6.07, 6.45) is 1.22. The van der Waals surface area contributed by atoms with Crippen LogP contribution < -0.4 is 9.47 Å². The van der Waals surface area contributed by atoms with Crippen molar-refractivity contribution in [1.82, 2.24) is 9.97 Å². The average Bonchev–Trinajstić information content (AvgIpc) is 2.63.